The summed E-state index contributed by atoms with van der Waals surface area (Å²) in [6.07, 6.45) is 6.67. The summed E-state index contributed by atoms with van der Waals surface area (Å²) in [6, 6.07) is 0.647. The first-order chi connectivity index (χ1) is 9.11. The number of aryl methyl sites for hydroxylation is 2. The standard InChI is InChI=1S/C15H27N3O/c1-11-6-5-7-13(9-8-11)16-10-14-12(2)17-18(3)15(14)19-4/h11,13,16H,5-10H2,1-4H3. The fourth-order valence-electron chi connectivity index (χ4n) is 3.08. The molecular formula is C15H27N3O. The lowest BCUT2D eigenvalue weighted by Gasteiger charge is -2.16. The molecule has 0 aromatic carbocycles. The number of methoxy groups -OCH3 is 1. The molecule has 0 spiro atoms. The minimum atomic E-state index is 0.647. The van der Waals surface area contributed by atoms with Gasteiger partial charge in [0.05, 0.1) is 18.4 Å². The molecule has 0 aliphatic heterocycles. The van der Waals surface area contributed by atoms with E-state index in [0.717, 1.165) is 24.0 Å². The number of hydrogen-bond donors (Lipinski definition) is 1. The number of rotatable bonds is 4. The molecule has 1 saturated carbocycles. The Morgan fingerprint density at radius 1 is 1.32 bits per heavy atom. The van der Waals surface area contributed by atoms with Gasteiger partial charge in [0.1, 0.15) is 0 Å². The molecule has 0 saturated heterocycles. The van der Waals surface area contributed by atoms with Crippen LogP contribution in [0.25, 0.3) is 0 Å². The van der Waals surface area contributed by atoms with Crippen molar-refractivity contribution >= 4 is 0 Å². The molecule has 1 aromatic heterocycles. The fourth-order valence-corrected chi connectivity index (χ4v) is 3.08. The van der Waals surface area contributed by atoms with E-state index < -0.39 is 0 Å². The molecule has 108 valence electrons. The summed E-state index contributed by atoms with van der Waals surface area (Å²) in [6.45, 7) is 5.28. The van der Waals surface area contributed by atoms with E-state index in [9.17, 15) is 0 Å². The summed E-state index contributed by atoms with van der Waals surface area (Å²) in [5.41, 5.74) is 2.26. The molecule has 19 heavy (non-hydrogen) atoms. The summed E-state index contributed by atoms with van der Waals surface area (Å²) in [5.74, 6) is 1.77. The highest BCUT2D eigenvalue weighted by molar-refractivity contribution is 5.30. The van der Waals surface area contributed by atoms with E-state index in [1.807, 2.05) is 11.7 Å². The first-order valence-electron chi connectivity index (χ1n) is 7.41. The van der Waals surface area contributed by atoms with E-state index in [-0.39, 0.29) is 0 Å². The number of nitrogens with zero attached hydrogens (tertiary/aromatic N) is 2. The van der Waals surface area contributed by atoms with E-state index in [2.05, 4.69) is 24.3 Å². The maximum atomic E-state index is 5.44. The topological polar surface area (TPSA) is 39.1 Å². The summed E-state index contributed by atoms with van der Waals surface area (Å²) >= 11 is 0. The van der Waals surface area contributed by atoms with Crippen molar-refractivity contribution in [1.29, 1.82) is 0 Å². The molecule has 1 heterocycles. The third-order valence-electron chi connectivity index (χ3n) is 4.31. The van der Waals surface area contributed by atoms with Gasteiger partial charge < -0.3 is 10.1 Å². The summed E-state index contributed by atoms with van der Waals surface area (Å²) in [4.78, 5) is 0. The van der Waals surface area contributed by atoms with Gasteiger partial charge in [-0.3, -0.25) is 0 Å². The molecule has 1 aromatic rings. The van der Waals surface area contributed by atoms with Gasteiger partial charge in [0.2, 0.25) is 5.88 Å². The predicted octanol–water partition coefficient (Wildman–Crippen LogP) is 2.80. The van der Waals surface area contributed by atoms with Gasteiger partial charge in [0.15, 0.2) is 0 Å². The van der Waals surface area contributed by atoms with Gasteiger partial charge in [-0.15, -0.1) is 0 Å². The van der Waals surface area contributed by atoms with Crippen LogP contribution in [0.15, 0.2) is 0 Å². The Hall–Kier alpha value is -1.03. The Kier molecular flexibility index (Phi) is 4.86. The molecule has 4 nitrogen and oxygen atoms in total. The zero-order valence-corrected chi connectivity index (χ0v) is 12.7. The second-order valence-electron chi connectivity index (χ2n) is 5.89. The van der Waals surface area contributed by atoms with Crippen LogP contribution in [0.5, 0.6) is 5.88 Å². The zero-order chi connectivity index (χ0) is 13.8. The summed E-state index contributed by atoms with van der Waals surface area (Å²) in [5, 5.41) is 8.12. The Labute approximate surface area is 116 Å². The molecule has 0 bridgehead atoms. The van der Waals surface area contributed by atoms with Crippen LogP contribution in [0.4, 0.5) is 0 Å². The van der Waals surface area contributed by atoms with Gasteiger partial charge in [-0.2, -0.15) is 5.10 Å². The second-order valence-corrected chi connectivity index (χ2v) is 5.89. The van der Waals surface area contributed by atoms with Crippen LogP contribution in [-0.4, -0.2) is 22.9 Å². The van der Waals surface area contributed by atoms with Gasteiger partial charge in [-0.1, -0.05) is 19.8 Å². The van der Waals surface area contributed by atoms with Crippen molar-refractivity contribution in [3.05, 3.63) is 11.3 Å². The number of ether oxygens (including phenoxy) is 1. The van der Waals surface area contributed by atoms with E-state index in [1.165, 1.54) is 37.7 Å². The highest BCUT2D eigenvalue weighted by Gasteiger charge is 2.18. The van der Waals surface area contributed by atoms with E-state index >= 15 is 0 Å². The smallest absolute Gasteiger partial charge is 0.216 e. The normalized spacial score (nSPS) is 24.2. The maximum Gasteiger partial charge on any atom is 0.216 e. The Morgan fingerprint density at radius 3 is 2.84 bits per heavy atom. The van der Waals surface area contributed by atoms with Gasteiger partial charge in [0, 0.05) is 19.6 Å². The third kappa shape index (κ3) is 3.50. The quantitative estimate of drug-likeness (QED) is 0.851. The molecule has 1 aliphatic rings. The predicted molar refractivity (Wildman–Crippen MR) is 77.4 cm³/mol. The molecule has 1 N–H and O–H groups in total. The van der Waals surface area contributed by atoms with Crippen molar-refractivity contribution < 1.29 is 4.74 Å². The molecular weight excluding hydrogens is 238 g/mol. The zero-order valence-electron chi connectivity index (χ0n) is 12.7. The summed E-state index contributed by atoms with van der Waals surface area (Å²) in [7, 11) is 3.65. The van der Waals surface area contributed by atoms with Gasteiger partial charge in [-0.05, 0) is 32.1 Å². The van der Waals surface area contributed by atoms with Crippen LogP contribution >= 0.6 is 0 Å². The molecule has 2 rings (SSSR count). The van der Waals surface area contributed by atoms with Gasteiger partial charge in [0.25, 0.3) is 0 Å². The SMILES string of the molecule is COc1c(CNC2CCCC(C)CC2)c(C)nn1C. The minimum Gasteiger partial charge on any atom is -0.481 e. The fraction of sp³-hybridized carbons (Fsp3) is 0.800. The maximum absolute atomic E-state index is 5.44. The molecule has 4 heteroatoms. The van der Waals surface area contributed by atoms with Crippen LogP contribution in [0.1, 0.15) is 50.3 Å². The lowest BCUT2D eigenvalue weighted by molar-refractivity contribution is 0.365. The highest BCUT2D eigenvalue weighted by Crippen LogP contribution is 2.24. The number of hydrogen-bond acceptors (Lipinski definition) is 3. The average Bonchev–Trinajstić information content (AvgIpc) is 2.52. The van der Waals surface area contributed by atoms with Crippen molar-refractivity contribution in [2.24, 2.45) is 13.0 Å². The monoisotopic (exact) mass is 265 g/mol. The Balaban J connectivity index is 1.95. The number of nitrogens with one attached hydrogen (secondary N) is 1. The lowest BCUT2D eigenvalue weighted by atomic mass is 10.0. The average molecular weight is 265 g/mol. The summed E-state index contributed by atoms with van der Waals surface area (Å²) < 4.78 is 7.26. The molecule has 0 radical (unpaired) electrons. The minimum absolute atomic E-state index is 0.647. The number of aromatic nitrogens is 2. The molecule has 1 aliphatic carbocycles. The van der Waals surface area contributed by atoms with Gasteiger partial charge in [-0.25, -0.2) is 4.68 Å². The van der Waals surface area contributed by atoms with Crippen LogP contribution in [-0.2, 0) is 13.6 Å². The first-order valence-corrected chi connectivity index (χ1v) is 7.41. The van der Waals surface area contributed by atoms with Gasteiger partial charge >= 0.3 is 0 Å². The lowest BCUT2D eigenvalue weighted by Crippen LogP contribution is -2.28. The van der Waals surface area contributed by atoms with Crippen molar-refractivity contribution in [1.82, 2.24) is 15.1 Å². The van der Waals surface area contributed by atoms with Crippen LogP contribution in [0.2, 0.25) is 0 Å². The highest BCUT2D eigenvalue weighted by atomic mass is 16.5. The molecule has 2 unspecified atom stereocenters. The third-order valence-corrected chi connectivity index (χ3v) is 4.31. The van der Waals surface area contributed by atoms with E-state index in [0.29, 0.717) is 6.04 Å². The van der Waals surface area contributed by atoms with Crippen LogP contribution < -0.4 is 10.1 Å². The first kappa shape index (κ1) is 14.4. The Morgan fingerprint density at radius 2 is 2.11 bits per heavy atom. The molecule has 0 amide bonds. The Bertz CT molecular complexity index is 414. The largest absolute Gasteiger partial charge is 0.481 e. The van der Waals surface area contributed by atoms with E-state index in [1.54, 1.807) is 7.11 Å². The van der Waals surface area contributed by atoms with Crippen molar-refractivity contribution in [2.45, 2.75) is 58.5 Å². The van der Waals surface area contributed by atoms with E-state index in [4.69, 9.17) is 4.74 Å². The van der Waals surface area contributed by atoms with Crippen molar-refractivity contribution in [2.75, 3.05) is 7.11 Å². The van der Waals surface area contributed by atoms with Crippen molar-refractivity contribution in [3.63, 3.8) is 0 Å². The van der Waals surface area contributed by atoms with Crippen molar-refractivity contribution in [3.8, 4) is 5.88 Å². The molecule has 1 fully saturated rings. The van der Waals surface area contributed by atoms with Crippen LogP contribution in [0.3, 0.4) is 0 Å². The molecule has 2 atom stereocenters. The second kappa shape index (κ2) is 6.42. The van der Waals surface area contributed by atoms with Crippen LogP contribution in [0, 0.1) is 12.8 Å².